The molecule has 0 unspecified atom stereocenters. The van der Waals surface area contributed by atoms with E-state index in [1.807, 2.05) is 6.07 Å². The van der Waals surface area contributed by atoms with Crippen LogP contribution in [-0.4, -0.2) is 48.1 Å². The van der Waals surface area contributed by atoms with Crippen LogP contribution in [0.4, 0.5) is 0 Å². The van der Waals surface area contributed by atoms with Crippen LogP contribution in [0.3, 0.4) is 0 Å². The van der Waals surface area contributed by atoms with Crippen molar-refractivity contribution in [3.05, 3.63) is 29.8 Å². The van der Waals surface area contributed by atoms with Crippen LogP contribution in [0.1, 0.15) is 136 Å². The zero-order chi connectivity index (χ0) is 28.6. The predicted molar refractivity (Wildman–Crippen MR) is 158 cm³/mol. The molecule has 6 nitrogen and oxygen atoms in total. The van der Waals surface area contributed by atoms with Gasteiger partial charge in [-0.15, -0.1) is 0 Å². The summed E-state index contributed by atoms with van der Waals surface area (Å²) >= 11 is 0. The molecular formula is C30H60O6STi. The first-order valence-corrected chi connectivity index (χ1v) is 16.1. The summed E-state index contributed by atoms with van der Waals surface area (Å²) in [7, 11) is -4.10. The summed E-state index contributed by atoms with van der Waals surface area (Å²) in [5.74, 6) is 0. The van der Waals surface area contributed by atoms with Crippen molar-refractivity contribution >= 4 is 10.1 Å². The Balaban J connectivity index is -0.000000296. The van der Waals surface area contributed by atoms with Gasteiger partial charge in [0, 0.05) is 41.5 Å². The summed E-state index contributed by atoms with van der Waals surface area (Å²) in [5.41, 5.74) is 0.726. The number of hydrogen-bond acceptors (Lipinski definition) is 5. The molecule has 0 aliphatic heterocycles. The fourth-order valence-corrected chi connectivity index (χ4v) is 3.99. The molecule has 0 bridgehead atoms. The molecule has 0 spiro atoms. The quantitative estimate of drug-likeness (QED) is 0.0783. The second kappa shape index (κ2) is 36.7. The molecule has 0 fully saturated rings. The Labute approximate surface area is 250 Å². The van der Waals surface area contributed by atoms with Crippen LogP contribution in [0.15, 0.2) is 29.2 Å². The van der Waals surface area contributed by atoms with Gasteiger partial charge in [0.05, 0.1) is 4.90 Å². The number of aryl methyl sites for hydroxylation is 1. The summed E-state index contributed by atoms with van der Waals surface area (Å²) in [5, 5.41) is 24.2. The Hall–Kier alpha value is -0.276. The smallest absolute Gasteiger partial charge is 0.294 e. The monoisotopic (exact) mass is 596 g/mol. The van der Waals surface area contributed by atoms with Gasteiger partial charge in [-0.05, 0) is 43.7 Å². The van der Waals surface area contributed by atoms with Crippen LogP contribution < -0.4 is 0 Å². The van der Waals surface area contributed by atoms with Crippen molar-refractivity contribution < 1.29 is 50.0 Å². The Morgan fingerprint density at radius 1 is 0.553 bits per heavy atom. The van der Waals surface area contributed by atoms with Crippen LogP contribution in [0.25, 0.3) is 0 Å². The third-order valence-corrected chi connectivity index (χ3v) is 6.54. The van der Waals surface area contributed by atoms with Gasteiger partial charge in [-0.25, -0.2) is 0 Å². The SMILES string of the molecule is CCCCCCCCCCCCc1ccccc1S(=O)(=O)O.CCCCO.CCCCO.CCCCO.[Ti]. The maximum atomic E-state index is 11.3. The standard InChI is InChI=1S/C18H30O3S.3C4H10O.Ti/c1-2-3-4-5-6-7-8-9-10-11-14-17-15-12-13-16-18(17)22(19,20)21;3*1-2-3-4-5;/h12-13,15-16H,2-11,14H2,1H3,(H,19,20,21);3*5H,2-4H2,1H3;. The topological polar surface area (TPSA) is 115 Å². The molecule has 0 atom stereocenters. The van der Waals surface area contributed by atoms with Crippen molar-refractivity contribution in [1.82, 2.24) is 0 Å². The number of aliphatic hydroxyl groups excluding tert-OH is 3. The van der Waals surface area contributed by atoms with E-state index < -0.39 is 10.1 Å². The van der Waals surface area contributed by atoms with Crippen LogP contribution in [0, 0.1) is 0 Å². The number of aliphatic hydroxyl groups is 3. The predicted octanol–water partition coefficient (Wildman–Crippen LogP) is 7.73. The van der Waals surface area contributed by atoms with Gasteiger partial charge in [0.1, 0.15) is 0 Å². The van der Waals surface area contributed by atoms with Gasteiger partial charge in [0.2, 0.25) is 0 Å². The first-order valence-electron chi connectivity index (χ1n) is 14.7. The molecule has 0 heterocycles. The Morgan fingerprint density at radius 3 is 1.21 bits per heavy atom. The van der Waals surface area contributed by atoms with Gasteiger partial charge >= 0.3 is 0 Å². The van der Waals surface area contributed by atoms with Crippen molar-refractivity contribution in [3.63, 3.8) is 0 Å². The average molecular weight is 597 g/mol. The molecule has 1 aromatic rings. The summed E-state index contributed by atoms with van der Waals surface area (Å²) < 4.78 is 31.8. The third kappa shape index (κ3) is 35.7. The molecule has 1 aromatic carbocycles. The molecule has 0 aliphatic carbocycles. The maximum Gasteiger partial charge on any atom is 0.294 e. The Kier molecular flexibility index (Phi) is 43.2. The summed E-state index contributed by atoms with van der Waals surface area (Å²) in [4.78, 5) is 0.0610. The second-order valence-electron chi connectivity index (χ2n) is 9.25. The van der Waals surface area contributed by atoms with Gasteiger partial charge in [0.15, 0.2) is 0 Å². The molecule has 0 saturated carbocycles. The minimum absolute atomic E-state index is 0. The molecule has 4 N–H and O–H groups in total. The van der Waals surface area contributed by atoms with Crippen LogP contribution in [-0.2, 0) is 38.3 Å². The van der Waals surface area contributed by atoms with Crippen molar-refractivity contribution in [2.75, 3.05) is 19.8 Å². The van der Waals surface area contributed by atoms with Crippen molar-refractivity contribution in [3.8, 4) is 0 Å². The number of rotatable bonds is 18. The molecule has 8 heteroatoms. The molecule has 0 amide bonds. The second-order valence-corrected chi connectivity index (χ2v) is 10.6. The fourth-order valence-electron chi connectivity index (χ4n) is 3.24. The van der Waals surface area contributed by atoms with E-state index >= 15 is 0 Å². The molecule has 0 aliphatic rings. The number of hydrogen-bond donors (Lipinski definition) is 4. The van der Waals surface area contributed by atoms with Gasteiger partial charge in [-0.2, -0.15) is 8.42 Å². The summed E-state index contributed by atoms with van der Waals surface area (Å²) in [6.45, 7) is 9.42. The van der Waals surface area contributed by atoms with Gasteiger partial charge in [-0.1, -0.05) is 123 Å². The van der Waals surface area contributed by atoms with E-state index in [0.29, 0.717) is 26.2 Å². The molecule has 0 aromatic heterocycles. The minimum Gasteiger partial charge on any atom is -0.396 e. The normalized spacial score (nSPS) is 10.1. The van der Waals surface area contributed by atoms with Crippen LogP contribution >= 0.6 is 0 Å². The van der Waals surface area contributed by atoms with E-state index in [1.54, 1.807) is 12.1 Å². The van der Waals surface area contributed by atoms with Crippen molar-refractivity contribution in [2.24, 2.45) is 0 Å². The molecule has 1 rings (SSSR count). The first-order chi connectivity index (χ1) is 17.8. The van der Waals surface area contributed by atoms with Crippen LogP contribution in [0.2, 0.25) is 0 Å². The Bertz CT molecular complexity index is 636. The van der Waals surface area contributed by atoms with Crippen LogP contribution in [0.5, 0.6) is 0 Å². The van der Waals surface area contributed by atoms with Gasteiger partial charge in [-0.3, -0.25) is 4.55 Å². The van der Waals surface area contributed by atoms with E-state index in [1.165, 1.54) is 57.4 Å². The maximum absolute atomic E-state index is 11.3. The molecule has 226 valence electrons. The van der Waals surface area contributed by atoms with E-state index in [9.17, 15) is 13.0 Å². The molecule has 38 heavy (non-hydrogen) atoms. The molecular weight excluding hydrogens is 536 g/mol. The van der Waals surface area contributed by atoms with E-state index in [4.69, 9.17) is 15.3 Å². The van der Waals surface area contributed by atoms with Gasteiger partial charge in [0.25, 0.3) is 10.1 Å². The Morgan fingerprint density at radius 2 is 0.895 bits per heavy atom. The molecule has 0 radical (unpaired) electrons. The number of unbranched alkanes of at least 4 members (excludes halogenated alkanes) is 12. The van der Waals surface area contributed by atoms with Crippen molar-refractivity contribution in [1.29, 1.82) is 0 Å². The zero-order valence-electron chi connectivity index (χ0n) is 25.0. The zero-order valence-corrected chi connectivity index (χ0v) is 27.3. The number of benzene rings is 1. The van der Waals surface area contributed by atoms with E-state index in [2.05, 4.69) is 27.7 Å². The molecule has 0 saturated heterocycles. The minimum atomic E-state index is -4.10. The largest absolute Gasteiger partial charge is 0.396 e. The average Bonchev–Trinajstić information content (AvgIpc) is 2.87. The van der Waals surface area contributed by atoms with Gasteiger partial charge < -0.3 is 15.3 Å². The summed E-state index contributed by atoms with van der Waals surface area (Å²) in [6.07, 6.45) is 19.4. The fraction of sp³-hybridized carbons (Fsp3) is 0.800. The van der Waals surface area contributed by atoms with Crippen molar-refractivity contribution in [2.45, 2.75) is 142 Å². The van der Waals surface area contributed by atoms with E-state index in [0.717, 1.165) is 56.9 Å². The third-order valence-electron chi connectivity index (χ3n) is 5.59. The first kappa shape index (κ1) is 44.7. The summed E-state index contributed by atoms with van der Waals surface area (Å²) in [6, 6.07) is 6.73. The van der Waals surface area contributed by atoms with E-state index in [-0.39, 0.29) is 26.6 Å².